The lowest BCUT2D eigenvalue weighted by molar-refractivity contribution is 0.103. The maximum absolute atomic E-state index is 13.0. The van der Waals surface area contributed by atoms with Crippen LogP contribution >= 0.6 is 0 Å². The zero-order valence-corrected chi connectivity index (χ0v) is 14.3. The normalized spacial score (nSPS) is 20.6. The molecule has 0 saturated carbocycles. The molecule has 2 unspecified atom stereocenters. The number of hydrogen-bond acceptors (Lipinski definition) is 6. The first-order chi connectivity index (χ1) is 12.4. The van der Waals surface area contributed by atoms with Crippen molar-refractivity contribution in [1.82, 2.24) is 0 Å². The maximum Gasteiger partial charge on any atom is 0.199 e. The van der Waals surface area contributed by atoms with E-state index < -0.39 is 11.5 Å². The SMILES string of the molecule is Nc1c(N)c(N)c(C(=O)c2ccc3c(c2)CC2CC=CCC32)c(O)c1N. The molecule has 2 aliphatic rings. The summed E-state index contributed by atoms with van der Waals surface area (Å²) in [6.45, 7) is 0. The number of nitrogens with two attached hydrogens (primary N) is 4. The summed E-state index contributed by atoms with van der Waals surface area (Å²) in [5.74, 6) is 0.300. The van der Waals surface area contributed by atoms with Crippen molar-refractivity contribution in [2.45, 2.75) is 25.2 Å². The van der Waals surface area contributed by atoms with Crippen LogP contribution in [0.3, 0.4) is 0 Å². The largest absolute Gasteiger partial charge is 0.505 e. The van der Waals surface area contributed by atoms with E-state index in [-0.39, 0.29) is 28.3 Å². The van der Waals surface area contributed by atoms with Crippen molar-refractivity contribution in [3.05, 3.63) is 52.6 Å². The fourth-order valence-electron chi connectivity index (χ4n) is 4.23. The van der Waals surface area contributed by atoms with Gasteiger partial charge in [0.05, 0.1) is 22.6 Å². The lowest BCUT2D eigenvalue weighted by Gasteiger charge is -2.21. The Morgan fingerprint density at radius 1 is 0.962 bits per heavy atom. The number of phenolic OH excluding ortho intramolecular Hbond substituents is 1. The van der Waals surface area contributed by atoms with Gasteiger partial charge in [-0.25, -0.2) is 0 Å². The van der Waals surface area contributed by atoms with Gasteiger partial charge in [-0.2, -0.15) is 0 Å². The molecule has 2 aromatic carbocycles. The number of aromatic hydroxyl groups is 1. The topological polar surface area (TPSA) is 141 Å². The van der Waals surface area contributed by atoms with Gasteiger partial charge in [-0.05, 0) is 48.3 Å². The van der Waals surface area contributed by atoms with Gasteiger partial charge in [-0.1, -0.05) is 24.3 Å². The van der Waals surface area contributed by atoms with Gasteiger partial charge in [-0.3, -0.25) is 4.79 Å². The summed E-state index contributed by atoms with van der Waals surface area (Å²) >= 11 is 0. The zero-order valence-electron chi connectivity index (χ0n) is 14.3. The number of ketones is 1. The fourth-order valence-corrected chi connectivity index (χ4v) is 4.23. The van der Waals surface area contributed by atoms with Crippen LogP contribution in [0.2, 0.25) is 0 Å². The predicted molar refractivity (Wildman–Crippen MR) is 104 cm³/mol. The summed E-state index contributed by atoms with van der Waals surface area (Å²) in [6, 6.07) is 5.70. The molecular formula is C20H22N4O2. The molecule has 0 amide bonds. The molecule has 0 aromatic heterocycles. The summed E-state index contributed by atoms with van der Waals surface area (Å²) in [7, 11) is 0. The zero-order chi connectivity index (χ0) is 18.6. The Bertz CT molecular complexity index is 936. The Labute approximate surface area is 151 Å². The number of carbonyl (C=O) groups excluding carboxylic acids is 1. The van der Waals surface area contributed by atoms with E-state index in [1.165, 1.54) is 11.1 Å². The van der Waals surface area contributed by atoms with E-state index in [2.05, 4.69) is 12.2 Å². The summed E-state index contributed by atoms with van der Waals surface area (Å²) in [5.41, 5.74) is 26.0. The minimum Gasteiger partial charge on any atom is -0.505 e. The highest BCUT2D eigenvalue weighted by atomic mass is 16.3. The molecule has 2 atom stereocenters. The number of rotatable bonds is 2. The Morgan fingerprint density at radius 2 is 1.65 bits per heavy atom. The Hall–Kier alpha value is -3.15. The third-order valence-electron chi connectivity index (χ3n) is 5.71. The Kier molecular flexibility index (Phi) is 3.57. The van der Waals surface area contributed by atoms with Crippen LogP contribution in [-0.4, -0.2) is 10.9 Å². The average molecular weight is 350 g/mol. The lowest BCUT2D eigenvalue weighted by Crippen LogP contribution is -2.12. The second-order valence-corrected chi connectivity index (χ2v) is 7.13. The van der Waals surface area contributed by atoms with Gasteiger partial charge >= 0.3 is 0 Å². The van der Waals surface area contributed by atoms with Gasteiger partial charge in [0.15, 0.2) is 11.5 Å². The van der Waals surface area contributed by atoms with Gasteiger partial charge < -0.3 is 28.0 Å². The number of allylic oxidation sites excluding steroid dienone is 2. The van der Waals surface area contributed by atoms with E-state index in [0.717, 1.165) is 19.3 Å². The number of phenols is 1. The molecule has 2 aliphatic carbocycles. The van der Waals surface area contributed by atoms with Crippen LogP contribution in [0.25, 0.3) is 0 Å². The minimum absolute atomic E-state index is 0.0120. The van der Waals surface area contributed by atoms with Crippen molar-refractivity contribution in [1.29, 1.82) is 0 Å². The highest BCUT2D eigenvalue weighted by molar-refractivity contribution is 6.18. The van der Waals surface area contributed by atoms with Gasteiger partial charge in [0.1, 0.15) is 5.69 Å². The summed E-state index contributed by atoms with van der Waals surface area (Å²) in [4.78, 5) is 13.0. The number of carbonyl (C=O) groups is 1. The van der Waals surface area contributed by atoms with E-state index in [0.29, 0.717) is 17.4 Å². The minimum atomic E-state index is -0.419. The molecular weight excluding hydrogens is 328 g/mol. The molecule has 134 valence electrons. The summed E-state index contributed by atoms with van der Waals surface area (Å²) < 4.78 is 0. The second kappa shape index (κ2) is 5.69. The highest BCUT2D eigenvalue weighted by Gasteiger charge is 2.33. The van der Waals surface area contributed by atoms with Gasteiger partial charge in [0, 0.05) is 5.56 Å². The quantitative estimate of drug-likeness (QED) is 0.185. The van der Waals surface area contributed by atoms with Gasteiger partial charge in [0.2, 0.25) is 0 Å². The van der Waals surface area contributed by atoms with Crippen LogP contribution in [-0.2, 0) is 6.42 Å². The first-order valence-corrected chi connectivity index (χ1v) is 8.67. The van der Waals surface area contributed by atoms with E-state index >= 15 is 0 Å². The first kappa shape index (κ1) is 16.3. The number of nitrogen functional groups attached to an aromatic ring is 4. The van der Waals surface area contributed by atoms with Crippen molar-refractivity contribution in [3.63, 3.8) is 0 Å². The molecule has 0 aliphatic heterocycles. The molecule has 26 heavy (non-hydrogen) atoms. The van der Waals surface area contributed by atoms with Gasteiger partial charge in [-0.15, -0.1) is 0 Å². The van der Waals surface area contributed by atoms with Crippen molar-refractivity contribution in [2.75, 3.05) is 22.9 Å². The van der Waals surface area contributed by atoms with Crippen LogP contribution in [0.4, 0.5) is 22.7 Å². The third kappa shape index (κ3) is 2.22. The van der Waals surface area contributed by atoms with E-state index in [1.807, 2.05) is 12.1 Å². The highest BCUT2D eigenvalue weighted by Crippen LogP contribution is 2.46. The van der Waals surface area contributed by atoms with Crippen molar-refractivity contribution < 1.29 is 9.90 Å². The van der Waals surface area contributed by atoms with E-state index in [4.69, 9.17) is 22.9 Å². The van der Waals surface area contributed by atoms with E-state index in [9.17, 15) is 9.90 Å². The smallest absolute Gasteiger partial charge is 0.199 e. The van der Waals surface area contributed by atoms with Crippen LogP contribution < -0.4 is 22.9 Å². The average Bonchev–Trinajstić information content (AvgIpc) is 3.02. The predicted octanol–water partition coefficient (Wildman–Crippen LogP) is 2.56. The molecule has 0 radical (unpaired) electrons. The Balaban J connectivity index is 1.76. The standard InChI is InChI=1S/C20H22N4O2/c21-15-14(20(26)18(24)17(23)16(15)22)19(25)10-5-6-13-11(8-10)7-9-3-1-2-4-12(9)13/h1-2,5-6,8-9,12,26H,3-4,7,21-24H2. The Morgan fingerprint density at radius 3 is 2.42 bits per heavy atom. The van der Waals surface area contributed by atoms with Crippen molar-refractivity contribution in [2.24, 2.45) is 5.92 Å². The second-order valence-electron chi connectivity index (χ2n) is 7.13. The molecule has 0 bridgehead atoms. The van der Waals surface area contributed by atoms with Crippen LogP contribution in [0.15, 0.2) is 30.4 Å². The summed E-state index contributed by atoms with van der Waals surface area (Å²) in [6.07, 6.45) is 7.54. The van der Waals surface area contributed by atoms with Crippen LogP contribution in [0, 0.1) is 5.92 Å². The maximum atomic E-state index is 13.0. The molecule has 0 saturated heterocycles. The number of benzene rings is 2. The number of fused-ring (bicyclic) bond motifs is 3. The van der Waals surface area contributed by atoms with Crippen molar-refractivity contribution in [3.8, 4) is 5.75 Å². The fraction of sp³-hybridized carbons (Fsp3) is 0.250. The van der Waals surface area contributed by atoms with Crippen molar-refractivity contribution >= 4 is 28.5 Å². The molecule has 6 nitrogen and oxygen atoms in total. The number of hydrogen-bond donors (Lipinski definition) is 5. The molecule has 9 N–H and O–H groups in total. The summed E-state index contributed by atoms with van der Waals surface area (Å²) in [5, 5.41) is 10.3. The molecule has 6 heteroatoms. The number of anilines is 4. The third-order valence-corrected chi connectivity index (χ3v) is 5.71. The van der Waals surface area contributed by atoms with E-state index in [1.54, 1.807) is 6.07 Å². The lowest BCUT2D eigenvalue weighted by atomic mass is 9.83. The molecule has 4 rings (SSSR count). The van der Waals surface area contributed by atoms with Gasteiger partial charge in [0.25, 0.3) is 0 Å². The van der Waals surface area contributed by atoms with Crippen LogP contribution in [0.5, 0.6) is 5.75 Å². The first-order valence-electron chi connectivity index (χ1n) is 8.67. The molecule has 0 fully saturated rings. The molecule has 0 spiro atoms. The monoisotopic (exact) mass is 350 g/mol. The molecule has 2 aromatic rings. The molecule has 0 heterocycles. The van der Waals surface area contributed by atoms with Crippen LogP contribution in [0.1, 0.15) is 45.8 Å².